The average molecular weight is 275 g/mol. The number of ketones is 1. The molecule has 5 nitrogen and oxygen atoms in total. The fourth-order valence-electron chi connectivity index (χ4n) is 2.52. The van der Waals surface area contributed by atoms with Gasteiger partial charge in [0.2, 0.25) is 5.91 Å². The standard InChI is InChI=1S/C15H17NO4/c1-16(9-8-14(18)19)15(20)12-6-7-13(17)11-5-3-2-4-10(11)12/h2-5,12H,6-9H2,1H3,(H,18,19). The van der Waals surface area contributed by atoms with Gasteiger partial charge in [-0.25, -0.2) is 0 Å². The van der Waals surface area contributed by atoms with Crippen molar-refractivity contribution in [1.29, 1.82) is 0 Å². The maximum atomic E-state index is 12.4. The van der Waals surface area contributed by atoms with Crippen molar-refractivity contribution >= 4 is 17.7 Å². The first-order valence-electron chi connectivity index (χ1n) is 6.59. The van der Waals surface area contributed by atoms with Gasteiger partial charge in [-0.15, -0.1) is 0 Å². The number of hydrogen-bond donors (Lipinski definition) is 1. The van der Waals surface area contributed by atoms with E-state index in [-0.39, 0.29) is 30.6 Å². The lowest BCUT2D eigenvalue weighted by molar-refractivity contribution is -0.138. The second-order valence-corrected chi connectivity index (χ2v) is 5.01. The smallest absolute Gasteiger partial charge is 0.305 e. The van der Waals surface area contributed by atoms with Gasteiger partial charge in [-0.05, 0) is 12.0 Å². The number of rotatable bonds is 4. The number of amides is 1. The van der Waals surface area contributed by atoms with Gasteiger partial charge in [-0.2, -0.15) is 0 Å². The highest BCUT2D eigenvalue weighted by atomic mass is 16.4. The van der Waals surface area contributed by atoms with Gasteiger partial charge in [0.05, 0.1) is 12.3 Å². The van der Waals surface area contributed by atoms with Crippen LogP contribution >= 0.6 is 0 Å². The third-order valence-electron chi connectivity index (χ3n) is 3.63. The molecule has 1 aliphatic carbocycles. The largest absolute Gasteiger partial charge is 0.481 e. The molecule has 0 fully saturated rings. The Morgan fingerprint density at radius 2 is 2.05 bits per heavy atom. The maximum Gasteiger partial charge on any atom is 0.305 e. The van der Waals surface area contributed by atoms with Gasteiger partial charge in [0.15, 0.2) is 5.78 Å². The van der Waals surface area contributed by atoms with Crippen LogP contribution in [0.5, 0.6) is 0 Å². The maximum absolute atomic E-state index is 12.4. The number of carboxylic acid groups (broad SMARTS) is 1. The summed E-state index contributed by atoms with van der Waals surface area (Å²) in [6.07, 6.45) is 0.780. The Kier molecular flexibility index (Phi) is 4.17. The molecule has 0 bridgehead atoms. The summed E-state index contributed by atoms with van der Waals surface area (Å²) >= 11 is 0. The summed E-state index contributed by atoms with van der Waals surface area (Å²) in [6.45, 7) is 0.181. The number of aliphatic carboxylic acids is 1. The van der Waals surface area contributed by atoms with Crippen LogP contribution in [0.3, 0.4) is 0 Å². The van der Waals surface area contributed by atoms with E-state index in [4.69, 9.17) is 5.11 Å². The Bertz CT molecular complexity index is 553. The SMILES string of the molecule is CN(CCC(=O)O)C(=O)C1CCC(=O)c2ccccc21. The summed E-state index contributed by atoms with van der Waals surface area (Å²) in [7, 11) is 1.60. The Hall–Kier alpha value is -2.17. The average Bonchev–Trinajstić information content (AvgIpc) is 2.44. The summed E-state index contributed by atoms with van der Waals surface area (Å²) in [5, 5.41) is 8.66. The van der Waals surface area contributed by atoms with Gasteiger partial charge in [0.25, 0.3) is 0 Å². The van der Waals surface area contributed by atoms with Crippen LogP contribution in [0.25, 0.3) is 0 Å². The Morgan fingerprint density at radius 3 is 2.75 bits per heavy atom. The first kappa shape index (κ1) is 14.2. The number of benzene rings is 1. The molecule has 1 amide bonds. The van der Waals surface area contributed by atoms with Crippen molar-refractivity contribution in [3.05, 3.63) is 35.4 Å². The number of nitrogens with zero attached hydrogens (tertiary/aromatic N) is 1. The zero-order valence-electron chi connectivity index (χ0n) is 11.3. The fourth-order valence-corrected chi connectivity index (χ4v) is 2.52. The van der Waals surface area contributed by atoms with Crippen molar-refractivity contribution in [2.24, 2.45) is 0 Å². The fraction of sp³-hybridized carbons (Fsp3) is 0.400. The van der Waals surface area contributed by atoms with Crippen LogP contribution in [0.1, 0.15) is 41.1 Å². The molecule has 1 aliphatic rings. The Balaban J connectivity index is 2.17. The first-order chi connectivity index (χ1) is 9.50. The van der Waals surface area contributed by atoms with Gasteiger partial charge < -0.3 is 10.0 Å². The van der Waals surface area contributed by atoms with E-state index in [1.807, 2.05) is 6.07 Å². The third-order valence-corrected chi connectivity index (χ3v) is 3.63. The van der Waals surface area contributed by atoms with E-state index in [1.54, 1.807) is 25.2 Å². The normalized spacial score (nSPS) is 17.4. The molecule has 1 aromatic carbocycles. The van der Waals surface area contributed by atoms with Crippen molar-refractivity contribution in [3.8, 4) is 0 Å². The van der Waals surface area contributed by atoms with Crippen molar-refractivity contribution < 1.29 is 19.5 Å². The van der Waals surface area contributed by atoms with E-state index in [2.05, 4.69) is 0 Å². The van der Waals surface area contributed by atoms with Gasteiger partial charge in [0.1, 0.15) is 0 Å². The van der Waals surface area contributed by atoms with Crippen LogP contribution in [0.4, 0.5) is 0 Å². The molecular weight excluding hydrogens is 258 g/mol. The van der Waals surface area contributed by atoms with Crippen LogP contribution < -0.4 is 0 Å². The van der Waals surface area contributed by atoms with Crippen LogP contribution in [0.2, 0.25) is 0 Å². The molecule has 0 aliphatic heterocycles. The number of Topliss-reactive ketones (excluding diaryl/α,β-unsaturated/α-hetero) is 1. The number of carboxylic acids is 1. The lowest BCUT2D eigenvalue weighted by atomic mass is 9.81. The molecule has 0 saturated heterocycles. The number of carbonyl (C=O) groups is 3. The van der Waals surface area contributed by atoms with Crippen LogP contribution in [0, 0.1) is 0 Å². The van der Waals surface area contributed by atoms with E-state index >= 15 is 0 Å². The molecule has 5 heteroatoms. The van der Waals surface area contributed by atoms with E-state index in [1.165, 1.54) is 4.90 Å². The predicted octanol–water partition coefficient (Wildman–Crippen LogP) is 1.68. The third kappa shape index (κ3) is 2.87. The van der Waals surface area contributed by atoms with E-state index in [0.29, 0.717) is 18.4 Å². The molecule has 0 aromatic heterocycles. The van der Waals surface area contributed by atoms with Crippen LogP contribution in [0.15, 0.2) is 24.3 Å². The zero-order valence-corrected chi connectivity index (χ0v) is 11.3. The minimum atomic E-state index is -0.927. The second-order valence-electron chi connectivity index (χ2n) is 5.01. The molecule has 1 atom stereocenters. The van der Waals surface area contributed by atoms with Gasteiger partial charge in [-0.3, -0.25) is 14.4 Å². The number of carbonyl (C=O) groups excluding carboxylic acids is 2. The van der Waals surface area contributed by atoms with Gasteiger partial charge in [-0.1, -0.05) is 24.3 Å². The Morgan fingerprint density at radius 1 is 1.35 bits per heavy atom. The molecule has 0 spiro atoms. The topological polar surface area (TPSA) is 74.7 Å². The highest BCUT2D eigenvalue weighted by Gasteiger charge is 2.31. The van der Waals surface area contributed by atoms with Crippen molar-refractivity contribution in [1.82, 2.24) is 4.90 Å². The zero-order chi connectivity index (χ0) is 14.7. The number of hydrogen-bond acceptors (Lipinski definition) is 3. The van der Waals surface area contributed by atoms with Crippen LogP contribution in [-0.2, 0) is 9.59 Å². The quantitative estimate of drug-likeness (QED) is 0.907. The monoisotopic (exact) mass is 275 g/mol. The molecule has 1 unspecified atom stereocenters. The molecule has 106 valence electrons. The molecule has 0 radical (unpaired) electrons. The molecule has 1 aromatic rings. The summed E-state index contributed by atoms with van der Waals surface area (Å²) in [5.41, 5.74) is 1.37. The van der Waals surface area contributed by atoms with Gasteiger partial charge >= 0.3 is 5.97 Å². The summed E-state index contributed by atoms with van der Waals surface area (Å²) in [6, 6.07) is 7.15. The molecule has 1 N–H and O–H groups in total. The number of fused-ring (bicyclic) bond motifs is 1. The minimum absolute atomic E-state index is 0.0674. The lowest BCUT2D eigenvalue weighted by Crippen LogP contribution is -2.35. The Labute approximate surface area is 117 Å². The second kappa shape index (κ2) is 5.86. The molecule has 20 heavy (non-hydrogen) atoms. The molecular formula is C15H17NO4. The summed E-state index contributed by atoms with van der Waals surface area (Å²) in [5.74, 6) is -1.32. The lowest BCUT2D eigenvalue weighted by Gasteiger charge is -2.27. The minimum Gasteiger partial charge on any atom is -0.481 e. The van der Waals surface area contributed by atoms with Crippen molar-refractivity contribution in [3.63, 3.8) is 0 Å². The van der Waals surface area contributed by atoms with Crippen molar-refractivity contribution in [2.75, 3.05) is 13.6 Å². The van der Waals surface area contributed by atoms with E-state index < -0.39 is 5.97 Å². The highest BCUT2D eigenvalue weighted by Crippen LogP contribution is 2.32. The predicted molar refractivity (Wildman–Crippen MR) is 72.6 cm³/mol. The summed E-state index contributed by atoms with van der Waals surface area (Å²) in [4.78, 5) is 36.2. The van der Waals surface area contributed by atoms with E-state index in [9.17, 15) is 14.4 Å². The first-order valence-corrected chi connectivity index (χ1v) is 6.59. The number of likely N-dealkylation sites (N-methyl/N-ethyl adjacent to an activating group) is 1. The summed E-state index contributed by atoms with van der Waals surface area (Å²) < 4.78 is 0. The van der Waals surface area contributed by atoms with E-state index in [0.717, 1.165) is 5.56 Å². The molecule has 0 saturated carbocycles. The molecule has 2 rings (SSSR count). The van der Waals surface area contributed by atoms with Gasteiger partial charge in [0, 0.05) is 25.6 Å². The van der Waals surface area contributed by atoms with Crippen LogP contribution in [-0.4, -0.2) is 41.3 Å². The highest BCUT2D eigenvalue weighted by molar-refractivity contribution is 6.01. The molecule has 0 heterocycles. The van der Waals surface area contributed by atoms with Crippen molar-refractivity contribution in [2.45, 2.75) is 25.2 Å².